The number of rotatable bonds is 16. The van der Waals surface area contributed by atoms with Crippen LogP contribution >= 0.6 is 0 Å². The molecule has 2 aromatic rings. The lowest BCUT2D eigenvalue weighted by Crippen LogP contribution is -2.40. The van der Waals surface area contributed by atoms with E-state index in [9.17, 15) is 27.9 Å². The van der Waals surface area contributed by atoms with Gasteiger partial charge >= 0.3 is 18.2 Å². The molecule has 8 nitrogen and oxygen atoms in total. The number of carboxylic acids is 1. The summed E-state index contributed by atoms with van der Waals surface area (Å²) >= 11 is 0. The molecule has 1 unspecified atom stereocenters. The van der Waals surface area contributed by atoms with Crippen LogP contribution in [0.4, 0.5) is 23.7 Å². The van der Waals surface area contributed by atoms with E-state index in [1.807, 2.05) is 32.9 Å². The summed E-state index contributed by atoms with van der Waals surface area (Å²) in [6.45, 7) is 8.37. The molecule has 0 saturated carbocycles. The average Bonchev–Trinajstić information content (AvgIpc) is 2.87. The second-order valence-corrected chi connectivity index (χ2v) is 9.50. The van der Waals surface area contributed by atoms with Crippen molar-refractivity contribution in [2.75, 3.05) is 44.8 Å². The number of urea groups is 1. The van der Waals surface area contributed by atoms with Crippen molar-refractivity contribution in [2.24, 2.45) is 0 Å². The Kier molecular flexibility index (Phi) is 13.2. The summed E-state index contributed by atoms with van der Waals surface area (Å²) in [5.74, 6) is -0.484. The Bertz CT molecular complexity index is 1070. The highest BCUT2D eigenvalue weighted by molar-refractivity contribution is 5.91. The lowest BCUT2D eigenvalue weighted by atomic mass is 10.1. The molecule has 222 valence electrons. The van der Waals surface area contributed by atoms with Crippen molar-refractivity contribution >= 4 is 17.7 Å². The summed E-state index contributed by atoms with van der Waals surface area (Å²) in [4.78, 5) is 26.0. The molecule has 11 heteroatoms. The standard InChI is InChI=1S/C29H39F3N2O6/c1-5-39-25(27(35)36)19-23-7-9-24(10-8-23)40-16-13-34(12-15-38-14-6-11-29(30,31)32)28(37)33-26-21(3)17-20(2)18-22(26)4/h7-10,17-18,25H,5-6,11-16,19H2,1-4H3,(H,33,37)(H,35,36). The van der Waals surface area contributed by atoms with Gasteiger partial charge in [0.2, 0.25) is 0 Å². The van der Waals surface area contributed by atoms with Gasteiger partial charge in [-0.2, -0.15) is 13.2 Å². The van der Waals surface area contributed by atoms with Crippen molar-refractivity contribution in [1.82, 2.24) is 4.90 Å². The van der Waals surface area contributed by atoms with Crippen LogP contribution < -0.4 is 10.1 Å². The third-order valence-electron chi connectivity index (χ3n) is 6.07. The third kappa shape index (κ3) is 11.8. The lowest BCUT2D eigenvalue weighted by molar-refractivity contribution is -0.150. The van der Waals surface area contributed by atoms with Crippen LogP contribution in [-0.2, 0) is 20.7 Å². The summed E-state index contributed by atoms with van der Waals surface area (Å²) in [6, 6.07) is 10.5. The van der Waals surface area contributed by atoms with Crippen LogP contribution in [0.2, 0.25) is 0 Å². The zero-order valence-corrected chi connectivity index (χ0v) is 23.5. The molecular formula is C29H39F3N2O6. The van der Waals surface area contributed by atoms with E-state index in [0.29, 0.717) is 18.0 Å². The maximum atomic E-state index is 13.1. The molecule has 1 atom stereocenters. The predicted octanol–water partition coefficient (Wildman–Crippen LogP) is 5.92. The minimum atomic E-state index is -4.23. The SMILES string of the molecule is CCOC(Cc1ccc(OCCN(CCOCCCC(F)(F)F)C(=O)Nc2c(C)cc(C)cc2C)cc1)C(=O)O. The number of alkyl halides is 3. The fraction of sp³-hybridized carbons (Fsp3) is 0.517. The van der Waals surface area contributed by atoms with E-state index in [2.05, 4.69) is 5.32 Å². The van der Waals surface area contributed by atoms with E-state index in [4.69, 9.17) is 14.2 Å². The molecule has 0 aromatic heterocycles. The number of carbonyl (C=O) groups excluding carboxylic acids is 1. The number of carboxylic acid groups (broad SMARTS) is 1. The van der Waals surface area contributed by atoms with Gasteiger partial charge in [0.25, 0.3) is 0 Å². The number of amides is 2. The second kappa shape index (κ2) is 16.1. The van der Waals surface area contributed by atoms with Gasteiger partial charge in [0.1, 0.15) is 12.4 Å². The number of benzene rings is 2. The fourth-order valence-corrected chi connectivity index (χ4v) is 4.16. The highest BCUT2D eigenvalue weighted by atomic mass is 19.4. The zero-order chi connectivity index (χ0) is 29.7. The van der Waals surface area contributed by atoms with Crippen LogP contribution in [0.5, 0.6) is 5.75 Å². The predicted molar refractivity (Wildman–Crippen MR) is 146 cm³/mol. The molecule has 0 saturated heterocycles. The number of ether oxygens (including phenoxy) is 3. The van der Waals surface area contributed by atoms with Gasteiger partial charge in [-0.3, -0.25) is 0 Å². The zero-order valence-electron chi connectivity index (χ0n) is 23.5. The number of hydrogen-bond donors (Lipinski definition) is 2. The first-order chi connectivity index (χ1) is 18.9. The highest BCUT2D eigenvalue weighted by Crippen LogP contribution is 2.23. The van der Waals surface area contributed by atoms with Gasteiger partial charge in [-0.15, -0.1) is 0 Å². The summed E-state index contributed by atoms with van der Waals surface area (Å²) < 4.78 is 53.5. The molecule has 0 radical (unpaired) electrons. The van der Waals surface area contributed by atoms with Gasteiger partial charge in [0.05, 0.1) is 13.2 Å². The fourth-order valence-electron chi connectivity index (χ4n) is 4.16. The van der Waals surface area contributed by atoms with Crippen LogP contribution in [-0.4, -0.2) is 73.8 Å². The molecule has 0 bridgehead atoms. The highest BCUT2D eigenvalue weighted by Gasteiger charge is 2.26. The average molecular weight is 569 g/mol. The first-order valence-corrected chi connectivity index (χ1v) is 13.2. The number of hydrogen-bond acceptors (Lipinski definition) is 5. The minimum Gasteiger partial charge on any atom is -0.492 e. The van der Waals surface area contributed by atoms with Crippen molar-refractivity contribution in [2.45, 2.75) is 59.2 Å². The lowest BCUT2D eigenvalue weighted by Gasteiger charge is -2.24. The Balaban J connectivity index is 1.97. The van der Waals surface area contributed by atoms with Gasteiger partial charge in [-0.25, -0.2) is 9.59 Å². The molecule has 0 fully saturated rings. The molecule has 0 spiro atoms. The number of aryl methyl sites for hydroxylation is 3. The Morgan fingerprint density at radius 1 is 1.00 bits per heavy atom. The smallest absolute Gasteiger partial charge is 0.389 e. The summed E-state index contributed by atoms with van der Waals surface area (Å²) in [6.07, 6.45) is -6.00. The summed E-state index contributed by atoms with van der Waals surface area (Å²) in [5.41, 5.74) is 4.39. The normalized spacial score (nSPS) is 12.2. The molecule has 40 heavy (non-hydrogen) atoms. The Morgan fingerprint density at radius 3 is 2.20 bits per heavy atom. The van der Waals surface area contributed by atoms with E-state index in [-0.39, 0.29) is 51.8 Å². The van der Waals surface area contributed by atoms with Crippen molar-refractivity contribution in [1.29, 1.82) is 0 Å². The summed E-state index contributed by atoms with van der Waals surface area (Å²) in [7, 11) is 0. The first-order valence-electron chi connectivity index (χ1n) is 13.2. The molecule has 0 heterocycles. The number of nitrogens with one attached hydrogen (secondary N) is 1. The van der Waals surface area contributed by atoms with E-state index >= 15 is 0 Å². The van der Waals surface area contributed by atoms with E-state index in [1.165, 1.54) is 4.90 Å². The monoisotopic (exact) mass is 568 g/mol. The number of halogens is 3. The molecular weight excluding hydrogens is 529 g/mol. The maximum Gasteiger partial charge on any atom is 0.389 e. The minimum absolute atomic E-state index is 0.0555. The second-order valence-electron chi connectivity index (χ2n) is 9.50. The van der Waals surface area contributed by atoms with Gasteiger partial charge < -0.3 is 29.5 Å². The van der Waals surface area contributed by atoms with Gasteiger partial charge in [0.15, 0.2) is 6.10 Å². The quantitative estimate of drug-likeness (QED) is 0.244. The number of aliphatic carboxylic acids is 1. The van der Waals surface area contributed by atoms with Gasteiger partial charge in [-0.1, -0.05) is 29.8 Å². The number of carbonyl (C=O) groups is 2. The Hall–Kier alpha value is -3.31. The van der Waals surface area contributed by atoms with Crippen molar-refractivity contribution < 1.29 is 42.1 Å². The molecule has 2 aromatic carbocycles. The van der Waals surface area contributed by atoms with Crippen molar-refractivity contribution in [3.63, 3.8) is 0 Å². The molecule has 2 N–H and O–H groups in total. The van der Waals surface area contributed by atoms with E-state index < -0.39 is 24.7 Å². The Labute approximate surface area is 233 Å². The van der Waals surface area contributed by atoms with E-state index in [1.54, 1.807) is 31.2 Å². The molecule has 0 aliphatic rings. The van der Waals surface area contributed by atoms with Gasteiger partial charge in [-0.05, 0) is 62.9 Å². The number of anilines is 1. The van der Waals surface area contributed by atoms with Crippen molar-refractivity contribution in [3.8, 4) is 5.75 Å². The molecule has 0 aliphatic heterocycles. The first kappa shape index (κ1) is 32.9. The molecule has 2 rings (SSSR count). The molecule has 0 aliphatic carbocycles. The van der Waals surface area contributed by atoms with Crippen LogP contribution in [0.3, 0.4) is 0 Å². The number of nitrogens with zero attached hydrogens (tertiary/aromatic N) is 1. The van der Waals surface area contributed by atoms with Crippen LogP contribution in [0.1, 0.15) is 42.0 Å². The Morgan fingerprint density at radius 2 is 1.62 bits per heavy atom. The third-order valence-corrected chi connectivity index (χ3v) is 6.07. The topological polar surface area (TPSA) is 97.3 Å². The van der Waals surface area contributed by atoms with Crippen LogP contribution in [0.15, 0.2) is 36.4 Å². The molecule has 2 amide bonds. The van der Waals surface area contributed by atoms with Crippen LogP contribution in [0.25, 0.3) is 0 Å². The summed E-state index contributed by atoms with van der Waals surface area (Å²) in [5, 5.41) is 12.2. The van der Waals surface area contributed by atoms with Crippen LogP contribution in [0, 0.1) is 20.8 Å². The largest absolute Gasteiger partial charge is 0.492 e. The maximum absolute atomic E-state index is 13.1. The van der Waals surface area contributed by atoms with Crippen molar-refractivity contribution in [3.05, 3.63) is 58.7 Å². The van der Waals surface area contributed by atoms with Gasteiger partial charge in [0, 0.05) is 38.3 Å². The van der Waals surface area contributed by atoms with E-state index in [0.717, 1.165) is 22.3 Å².